The molecule has 0 saturated carbocycles. The number of hydrogen-bond donors (Lipinski definition) is 0. The van der Waals surface area contributed by atoms with Crippen LogP contribution < -0.4 is 17.0 Å². The molecule has 0 aliphatic rings. The third-order valence-electron chi connectivity index (χ3n) is 2.60. The summed E-state index contributed by atoms with van der Waals surface area (Å²) >= 11 is 0. The molecular formula is C14H11ClN2. The Morgan fingerprint density at radius 1 is 0.824 bits per heavy atom. The fourth-order valence-electron chi connectivity index (χ4n) is 1.86. The Bertz CT molecular complexity index is 618. The maximum atomic E-state index is 4.36. The van der Waals surface area contributed by atoms with Crippen LogP contribution in [0.3, 0.4) is 0 Å². The molecule has 0 atom stereocenters. The van der Waals surface area contributed by atoms with Crippen molar-refractivity contribution in [1.29, 1.82) is 0 Å². The van der Waals surface area contributed by atoms with E-state index in [2.05, 4.69) is 27.8 Å². The second-order valence-corrected chi connectivity index (χ2v) is 3.62. The van der Waals surface area contributed by atoms with Crippen LogP contribution in [0.25, 0.3) is 16.7 Å². The third kappa shape index (κ3) is 2.12. The Labute approximate surface area is 106 Å². The van der Waals surface area contributed by atoms with Gasteiger partial charge in [0.25, 0.3) is 0 Å². The van der Waals surface area contributed by atoms with Gasteiger partial charge in [0, 0.05) is 11.5 Å². The van der Waals surface area contributed by atoms with Crippen LogP contribution in [0, 0.1) is 0 Å². The van der Waals surface area contributed by atoms with Gasteiger partial charge in [0.15, 0.2) is 0 Å². The first-order chi connectivity index (χ1) is 7.95. The van der Waals surface area contributed by atoms with Gasteiger partial charge in [-0.2, -0.15) is 4.57 Å². The quantitative estimate of drug-likeness (QED) is 0.527. The van der Waals surface area contributed by atoms with Gasteiger partial charge in [0.1, 0.15) is 11.7 Å². The number of para-hydroxylation sites is 1. The van der Waals surface area contributed by atoms with Crippen molar-refractivity contribution < 1.29 is 17.0 Å². The molecule has 2 aromatic heterocycles. The highest BCUT2D eigenvalue weighted by atomic mass is 35.5. The molecule has 84 valence electrons. The summed E-state index contributed by atoms with van der Waals surface area (Å²) in [7, 11) is 0. The van der Waals surface area contributed by atoms with Crippen LogP contribution in [-0.4, -0.2) is 4.98 Å². The average Bonchev–Trinajstić information content (AvgIpc) is 2.39. The fourth-order valence-corrected chi connectivity index (χ4v) is 1.86. The Morgan fingerprint density at radius 2 is 1.59 bits per heavy atom. The standard InChI is InChI=1S/C14H11N2.ClH/c1-2-8-13-12(6-1)7-5-11-16(13)14-9-3-4-10-15-14;/h1-11H;1H/q+1;/p-1. The maximum Gasteiger partial charge on any atom is 0.327 e. The molecule has 3 heteroatoms. The van der Waals surface area contributed by atoms with Crippen LogP contribution in [-0.2, 0) is 0 Å². The van der Waals surface area contributed by atoms with Crippen LogP contribution in [0.4, 0.5) is 0 Å². The van der Waals surface area contributed by atoms with Gasteiger partial charge >= 0.3 is 5.82 Å². The van der Waals surface area contributed by atoms with Crippen LogP contribution in [0.15, 0.2) is 67.0 Å². The highest BCUT2D eigenvalue weighted by molar-refractivity contribution is 5.75. The summed E-state index contributed by atoms with van der Waals surface area (Å²) < 4.78 is 2.09. The number of rotatable bonds is 1. The Morgan fingerprint density at radius 3 is 2.41 bits per heavy atom. The van der Waals surface area contributed by atoms with Crippen molar-refractivity contribution in [3.05, 3.63) is 67.0 Å². The molecule has 1 aromatic carbocycles. The lowest BCUT2D eigenvalue weighted by atomic mass is 10.2. The van der Waals surface area contributed by atoms with Crippen molar-refractivity contribution >= 4 is 10.9 Å². The molecule has 0 radical (unpaired) electrons. The summed E-state index contributed by atoms with van der Waals surface area (Å²) in [6, 6.07) is 18.4. The van der Waals surface area contributed by atoms with Gasteiger partial charge in [-0.15, -0.1) is 0 Å². The van der Waals surface area contributed by atoms with Gasteiger partial charge in [-0.05, 0) is 29.2 Å². The number of hydrogen-bond acceptors (Lipinski definition) is 1. The van der Waals surface area contributed by atoms with Crippen LogP contribution in [0.5, 0.6) is 0 Å². The Kier molecular flexibility index (Phi) is 3.35. The highest BCUT2D eigenvalue weighted by Gasteiger charge is 2.08. The highest BCUT2D eigenvalue weighted by Crippen LogP contribution is 2.09. The molecular weight excluding hydrogens is 232 g/mol. The molecule has 0 amide bonds. The lowest BCUT2D eigenvalue weighted by molar-refractivity contribution is -0.571. The Balaban J connectivity index is 0.00000108. The molecule has 17 heavy (non-hydrogen) atoms. The normalized spacial score (nSPS) is 9.88. The van der Waals surface area contributed by atoms with Gasteiger partial charge in [-0.1, -0.05) is 24.3 Å². The van der Waals surface area contributed by atoms with Crippen LogP contribution >= 0.6 is 0 Å². The minimum Gasteiger partial charge on any atom is -1.00 e. The van der Waals surface area contributed by atoms with E-state index in [4.69, 9.17) is 0 Å². The molecule has 2 nitrogen and oxygen atoms in total. The summed E-state index contributed by atoms with van der Waals surface area (Å²) in [6.45, 7) is 0. The predicted molar refractivity (Wildman–Crippen MR) is 63.3 cm³/mol. The van der Waals surface area contributed by atoms with Gasteiger partial charge in [0.05, 0.1) is 6.20 Å². The topological polar surface area (TPSA) is 16.8 Å². The summed E-state index contributed by atoms with van der Waals surface area (Å²) in [5, 5.41) is 1.22. The lowest BCUT2D eigenvalue weighted by Crippen LogP contribution is -3.00. The molecule has 0 aliphatic carbocycles. The number of benzene rings is 1. The predicted octanol–water partition coefficient (Wildman–Crippen LogP) is -0.484. The summed E-state index contributed by atoms with van der Waals surface area (Å²) in [5.41, 5.74) is 1.17. The zero-order valence-electron chi connectivity index (χ0n) is 9.12. The summed E-state index contributed by atoms with van der Waals surface area (Å²) in [5.74, 6) is 0.944. The molecule has 3 rings (SSSR count). The molecule has 0 saturated heterocycles. The van der Waals surface area contributed by atoms with Crippen molar-refractivity contribution in [2.75, 3.05) is 0 Å². The fraction of sp³-hybridized carbons (Fsp3) is 0. The van der Waals surface area contributed by atoms with E-state index in [1.54, 1.807) is 0 Å². The first-order valence-corrected chi connectivity index (χ1v) is 5.26. The van der Waals surface area contributed by atoms with E-state index >= 15 is 0 Å². The number of aromatic nitrogens is 2. The number of pyridine rings is 2. The van der Waals surface area contributed by atoms with Crippen molar-refractivity contribution in [3.63, 3.8) is 0 Å². The zero-order valence-corrected chi connectivity index (χ0v) is 9.88. The van der Waals surface area contributed by atoms with Gasteiger partial charge < -0.3 is 12.4 Å². The largest absolute Gasteiger partial charge is 1.00 e. The van der Waals surface area contributed by atoms with Gasteiger partial charge in [-0.25, -0.2) is 0 Å². The van der Waals surface area contributed by atoms with Crippen LogP contribution in [0.1, 0.15) is 0 Å². The minimum atomic E-state index is 0. The first-order valence-electron chi connectivity index (χ1n) is 5.26. The third-order valence-corrected chi connectivity index (χ3v) is 2.60. The molecule has 0 unspecified atom stereocenters. The smallest absolute Gasteiger partial charge is 0.327 e. The summed E-state index contributed by atoms with van der Waals surface area (Å²) in [6.07, 6.45) is 3.84. The van der Waals surface area contributed by atoms with E-state index < -0.39 is 0 Å². The van der Waals surface area contributed by atoms with E-state index in [1.807, 2.05) is 48.8 Å². The minimum absolute atomic E-state index is 0. The molecule has 0 N–H and O–H groups in total. The second-order valence-electron chi connectivity index (χ2n) is 3.62. The monoisotopic (exact) mass is 242 g/mol. The molecule has 0 bridgehead atoms. The van der Waals surface area contributed by atoms with Crippen molar-refractivity contribution in [1.82, 2.24) is 4.98 Å². The first kappa shape index (κ1) is 11.6. The van der Waals surface area contributed by atoms with E-state index in [9.17, 15) is 0 Å². The van der Waals surface area contributed by atoms with E-state index in [0.717, 1.165) is 5.82 Å². The summed E-state index contributed by atoms with van der Waals surface area (Å²) in [4.78, 5) is 4.36. The van der Waals surface area contributed by atoms with Gasteiger partial charge in [-0.3, -0.25) is 0 Å². The second kappa shape index (κ2) is 4.93. The Hall–Kier alpha value is -1.93. The molecule has 0 spiro atoms. The molecule has 0 fully saturated rings. The molecule has 0 aliphatic heterocycles. The number of nitrogens with zero attached hydrogens (tertiary/aromatic N) is 2. The lowest BCUT2D eigenvalue weighted by Gasteiger charge is -2.00. The van der Waals surface area contributed by atoms with Crippen LogP contribution in [0.2, 0.25) is 0 Å². The van der Waals surface area contributed by atoms with E-state index in [-0.39, 0.29) is 12.4 Å². The number of fused-ring (bicyclic) bond motifs is 1. The van der Waals surface area contributed by atoms with Crippen molar-refractivity contribution in [2.24, 2.45) is 0 Å². The average molecular weight is 243 g/mol. The van der Waals surface area contributed by atoms with Crippen molar-refractivity contribution in [2.45, 2.75) is 0 Å². The van der Waals surface area contributed by atoms with Crippen molar-refractivity contribution in [3.8, 4) is 5.82 Å². The zero-order chi connectivity index (χ0) is 10.8. The molecule has 3 aromatic rings. The van der Waals surface area contributed by atoms with Gasteiger partial charge in [0.2, 0.25) is 0 Å². The maximum absolute atomic E-state index is 4.36. The SMILES string of the molecule is [Cl-].c1ccc(-[n+]2cccc3ccccc32)nc1. The number of halogens is 1. The van der Waals surface area contributed by atoms with E-state index in [1.165, 1.54) is 10.9 Å². The molecule has 2 heterocycles. The van der Waals surface area contributed by atoms with E-state index in [0.29, 0.717) is 0 Å².